The zero-order valence-corrected chi connectivity index (χ0v) is 12.9. The van der Waals surface area contributed by atoms with Gasteiger partial charge in [0.25, 0.3) is 0 Å². The third kappa shape index (κ3) is 4.17. The molecule has 0 amide bonds. The SMILES string of the molecule is CCNCc1ccc(S(=O)(=O)NCCc2ccco2)s1. The summed E-state index contributed by atoms with van der Waals surface area (Å²) >= 11 is 1.29. The van der Waals surface area contributed by atoms with E-state index < -0.39 is 10.0 Å². The van der Waals surface area contributed by atoms with Gasteiger partial charge in [-0.15, -0.1) is 11.3 Å². The Morgan fingerprint density at radius 1 is 1.30 bits per heavy atom. The largest absolute Gasteiger partial charge is 0.469 e. The van der Waals surface area contributed by atoms with Crippen molar-refractivity contribution in [3.8, 4) is 0 Å². The molecule has 0 radical (unpaired) electrons. The van der Waals surface area contributed by atoms with Crippen LogP contribution in [0.25, 0.3) is 0 Å². The predicted octanol–water partition coefficient (Wildman–Crippen LogP) is 1.97. The second kappa shape index (κ2) is 7.03. The molecule has 2 rings (SSSR count). The quantitative estimate of drug-likeness (QED) is 0.781. The average Bonchev–Trinajstić information content (AvgIpc) is 3.07. The molecule has 0 saturated heterocycles. The molecule has 2 N–H and O–H groups in total. The Morgan fingerprint density at radius 3 is 2.85 bits per heavy atom. The maximum absolute atomic E-state index is 12.1. The van der Waals surface area contributed by atoms with Gasteiger partial charge >= 0.3 is 0 Å². The molecule has 0 spiro atoms. The molecule has 110 valence electrons. The summed E-state index contributed by atoms with van der Waals surface area (Å²) in [5.41, 5.74) is 0. The topological polar surface area (TPSA) is 71.3 Å². The van der Waals surface area contributed by atoms with Crippen LogP contribution in [0.4, 0.5) is 0 Å². The van der Waals surface area contributed by atoms with E-state index in [2.05, 4.69) is 10.0 Å². The Balaban J connectivity index is 1.90. The van der Waals surface area contributed by atoms with Crippen molar-refractivity contribution in [1.82, 2.24) is 10.0 Å². The van der Waals surface area contributed by atoms with Gasteiger partial charge in [-0.25, -0.2) is 13.1 Å². The molecule has 5 nitrogen and oxygen atoms in total. The zero-order chi connectivity index (χ0) is 14.4. The summed E-state index contributed by atoms with van der Waals surface area (Å²) in [7, 11) is -3.42. The first-order chi connectivity index (χ1) is 9.62. The number of hydrogen-bond acceptors (Lipinski definition) is 5. The first-order valence-electron chi connectivity index (χ1n) is 6.43. The fraction of sp³-hybridized carbons (Fsp3) is 0.385. The van der Waals surface area contributed by atoms with E-state index in [1.807, 2.05) is 19.1 Å². The van der Waals surface area contributed by atoms with Gasteiger partial charge in [0.2, 0.25) is 10.0 Å². The van der Waals surface area contributed by atoms with Gasteiger partial charge in [-0.2, -0.15) is 0 Å². The van der Waals surface area contributed by atoms with Crippen LogP contribution in [0.1, 0.15) is 17.6 Å². The number of hydrogen-bond donors (Lipinski definition) is 2. The number of furan rings is 1. The molecular weight excluding hydrogens is 296 g/mol. The molecule has 0 fully saturated rings. The second-order valence-electron chi connectivity index (χ2n) is 4.23. The van der Waals surface area contributed by atoms with Crippen LogP contribution in [0.15, 0.2) is 39.2 Å². The molecule has 0 saturated carbocycles. The molecule has 7 heteroatoms. The van der Waals surface area contributed by atoms with Crippen LogP contribution in [-0.4, -0.2) is 21.5 Å². The molecule has 0 atom stereocenters. The Hall–Kier alpha value is -1.15. The summed E-state index contributed by atoms with van der Waals surface area (Å²) in [6.07, 6.45) is 2.12. The van der Waals surface area contributed by atoms with Gasteiger partial charge < -0.3 is 9.73 Å². The minimum absolute atomic E-state index is 0.330. The summed E-state index contributed by atoms with van der Waals surface area (Å²) in [4.78, 5) is 1.01. The molecule has 0 unspecified atom stereocenters. The lowest BCUT2D eigenvalue weighted by Crippen LogP contribution is -2.25. The third-order valence-electron chi connectivity index (χ3n) is 2.69. The number of thiophene rings is 1. The molecule has 0 aromatic carbocycles. The zero-order valence-electron chi connectivity index (χ0n) is 11.3. The predicted molar refractivity (Wildman–Crippen MR) is 79.3 cm³/mol. The van der Waals surface area contributed by atoms with Crippen LogP contribution < -0.4 is 10.0 Å². The van der Waals surface area contributed by atoms with Gasteiger partial charge in [0.1, 0.15) is 9.97 Å². The fourth-order valence-corrected chi connectivity index (χ4v) is 4.08. The molecule has 2 aromatic rings. The van der Waals surface area contributed by atoms with Gasteiger partial charge in [-0.05, 0) is 30.8 Å². The van der Waals surface area contributed by atoms with E-state index in [0.717, 1.165) is 17.2 Å². The van der Waals surface area contributed by atoms with E-state index in [0.29, 0.717) is 23.7 Å². The molecule has 0 bridgehead atoms. The van der Waals surface area contributed by atoms with Crippen LogP contribution >= 0.6 is 11.3 Å². The summed E-state index contributed by atoms with van der Waals surface area (Å²) in [6.45, 7) is 3.90. The molecule has 0 aliphatic heterocycles. The van der Waals surface area contributed by atoms with Gasteiger partial charge in [-0.1, -0.05) is 6.92 Å². The van der Waals surface area contributed by atoms with E-state index in [4.69, 9.17) is 4.42 Å². The van der Waals surface area contributed by atoms with Crippen molar-refractivity contribution in [2.24, 2.45) is 0 Å². The standard InChI is InChI=1S/C13H18N2O3S2/c1-2-14-10-12-5-6-13(19-12)20(16,17)15-8-7-11-4-3-9-18-11/h3-6,9,14-15H,2,7-8,10H2,1H3. The molecule has 0 aliphatic carbocycles. The number of nitrogens with one attached hydrogen (secondary N) is 2. The lowest BCUT2D eigenvalue weighted by Gasteiger charge is -2.03. The van der Waals surface area contributed by atoms with Crippen molar-refractivity contribution in [3.63, 3.8) is 0 Å². The van der Waals surface area contributed by atoms with Crippen molar-refractivity contribution in [1.29, 1.82) is 0 Å². The van der Waals surface area contributed by atoms with Gasteiger partial charge in [0, 0.05) is 24.4 Å². The molecule has 2 aromatic heterocycles. The lowest BCUT2D eigenvalue weighted by atomic mass is 10.3. The minimum atomic E-state index is -3.42. The number of sulfonamides is 1. The first-order valence-corrected chi connectivity index (χ1v) is 8.73. The first kappa shape index (κ1) is 15.2. The maximum Gasteiger partial charge on any atom is 0.250 e. The van der Waals surface area contributed by atoms with Gasteiger partial charge in [0.05, 0.1) is 6.26 Å². The Morgan fingerprint density at radius 2 is 2.15 bits per heavy atom. The Labute approximate surface area is 123 Å². The summed E-state index contributed by atoms with van der Waals surface area (Å²) in [5, 5.41) is 3.17. The van der Waals surface area contributed by atoms with Crippen molar-refractivity contribution >= 4 is 21.4 Å². The van der Waals surface area contributed by atoms with Crippen LogP contribution in [0.5, 0.6) is 0 Å². The smallest absolute Gasteiger partial charge is 0.250 e. The summed E-state index contributed by atoms with van der Waals surface area (Å²) < 4.78 is 32.3. The van der Waals surface area contributed by atoms with Gasteiger partial charge in [-0.3, -0.25) is 0 Å². The fourth-order valence-electron chi connectivity index (χ4n) is 1.68. The highest BCUT2D eigenvalue weighted by Gasteiger charge is 2.16. The highest BCUT2D eigenvalue weighted by atomic mass is 32.2. The molecular formula is C13H18N2O3S2. The summed E-state index contributed by atoms with van der Waals surface area (Å²) in [6, 6.07) is 7.10. The molecule has 0 aliphatic rings. The average molecular weight is 314 g/mol. The van der Waals surface area contributed by atoms with Crippen molar-refractivity contribution in [2.75, 3.05) is 13.1 Å². The van der Waals surface area contributed by atoms with E-state index in [1.54, 1.807) is 18.4 Å². The van der Waals surface area contributed by atoms with E-state index in [-0.39, 0.29) is 0 Å². The third-order valence-corrected chi connectivity index (χ3v) is 5.73. The van der Waals surface area contributed by atoms with Crippen LogP contribution in [0.2, 0.25) is 0 Å². The van der Waals surface area contributed by atoms with Gasteiger partial charge in [0.15, 0.2) is 0 Å². The van der Waals surface area contributed by atoms with Crippen molar-refractivity contribution in [3.05, 3.63) is 41.2 Å². The Kier molecular flexibility index (Phi) is 5.36. The maximum atomic E-state index is 12.1. The van der Waals surface area contributed by atoms with Crippen molar-refractivity contribution in [2.45, 2.75) is 24.1 Å². The second-order valence-corrected chi connectivity index (χ2v) is 7.39. The van der Waals surface area contributed by atoms with E-state index in [9.17, 15) is 8.42 Å². The highest BCUT2D eigenvalue weighted by Crippen LogP contribution is 2.21. The molecule has 2 heterocycles. The summed E-state index contributed by atoms with van der Waals surface area (Å²) in [5.74, 6) is 0.770. The van der Waals surface area contributed by atoms with Crippen LogP contribution in [0.3, 0.4) is 0 Å². The van der Waals surface area contributed by atoms with E-state index >= 15 is 0 Å². The highest BCUT2D eigenvalue weighted by molar-refractivity contribution is 7.91. The van der Waals surface area contributed by atoms with E-state index in [1.165, 1.54) is 11.3 Å². The number of rotatable bonds is 8. The normalized spacial score (nSPS) is 11.8. The Bertz CT molecular complexity index is 618. The minimum Gasteiger partial charge on any atom is -0.469 e. The molecule has 20 heavy (non-hydrogen) atoms. The van der Waals surface area contributed by atoms with Crippen LogP contribution in [-0.2, 0) is 23.0 Å². The monoisotopic (exact) mass is 314 g/mol. The lowest BCUT2D eigenvalue weighted by molar-refractivity contribution is 0.506. The van der Waals surface area contributed by atoms with Crippen LogP contribution in [0, 0.1) is 0 Å². The van der Waals surface area contributed by atoms with Crippen molar-refractivity contribution < 1.29 is 12.8 Å².